The lowest BCUT2D eigenvalue weighted by atomic mass is 9.95. The molecule has 1 atom stereocenters. The molecule has 0 unspecified atom stereocenters. The minimum Gasteiger partial charge on any atom is -0.491 e. The average Bonchev–Trinajstić information content (AvgIpc) is 3.29. The Kier molecular flexibility index (Phi) is 4.90. The van der Waals surface area contributed by atoms with Crippen molar-refractivity contribution in [1.82, 2.24) is 0 Å². The highest BCUT2D eigenvalue weighted by atomic mass is 19.1. The molecule has 1 aliphatic carbocycles. The van der Waals surface area contributed by atoms with Gasteiger partial charge < -0.3 is 14.4 Å². The van der Waals surface area contributed by atoms with Crippen molar-refractivity contribution in [3.8, 4) is 5.75 Å². The second-order valence-corrected chi connectivity index (χ2v) is 7.15. The van der Waals surface area contributed by atoms with Gasteiger partial charge in [-0.2, -0.15) is 0 Å². The Balaban J connectivity index is 1.92. The van der Waals surface area contributed by atoms with E-state index in [2.05, 4.69) is 6.92 Å². The van der Waals surface area contributed by atoms with E-state index in [0.717, 1.165) is 18.9 Å². The van der Waals surface area contributed by atoms with E-state index in [1.54, 1.807) is 11.8 Å². The lowest BCUT2D eigenvalue weighted by Gasteiger charge is -2.23. The molecule has 0 bridgehead atoms. The maximum Gasteiger partial charge on any atom is 0.313 e. The standard InChI is InChI=1S/C19H23F2NO4/c1-4-26-15(24)8-14(23)12-7-13(20)17(18(25-3)16(12)21)22-9-11(2)19(10-22)5-6-19/h7,11H,4-6,8-10H2,1-3H3/t11-/m1/s1. The molecule has 1 saturated carbocycles. The molecular formula is C19H23F2NO4. The number of anilines is 1. The first kappa shape index (κ1) is 18.6. The molecule has 1 aliphatic heterocycles. The van der Waals surface area contributed by atoms with E-state index >= 15 is 0 Å². The van der Waals surface area contributed by atoms with Gasteiger partial charge >= 0.3 is 5.97 Å². The van der Waals surface area contributed by atoms with Gasteiger partial charge in [-0.1, -0.05) is 6.92 Å². The fourth-order valence-corrected chi connectivity index (χ4v) is 3.82. The molecule has 1 saturated heterocycles. The second-order valence-electron chi connectivity index (χ2n) is 7.15. The Bertz CT molecular complexity index is 746. The van der Waals surface area contributed by atoms with Crippen molar-refractivity contribution in [3.63, 3.8) is 0 Å². The van der Waals surface area contributed by atoms with Crippen LogP contribution in [0.3, 0.4) is 0 Å². The van der Waals surface area contributed by atoms with Gasteiger partial charge in [0.05, 0.1) is 19.3 Å². The van der Waals surface area contributed by atoms with Crippen LogP contribution in [0.1, 0.15) is 43.5 Å². The Labute approximate surface area is 151 Å². The molecule has 0 aromatic heterocycles. The van der Waals surface area contributed by atoms with Crippen molar-refractivity contribution in [2.45, 2.75) is 33.1 Å². The van der Waals surface area contributed by atoms with Gasteiger partial charge in [0.25, 0.3) is 0 Å². The van der Waals surface area contributed by atoms with Gasteiger partial charge in [0.2, 0.25) is 0 Å². The highest BCUT2D eigenvalue weighted by molar-refractivity contribution is 6.06. The number of halogens is 2. The summed E-state index contributed by atoms with van der Waals surface area (Å²) in [5, 5.41) is 0. The summed E-state index contributed by atoms with van der Waals surface area (Å²) in [6.45, 7) is 5.09. The number of benzene rings is 1. The first-order chi connectivity index (χ1) is 12.3. The van der Waals surface area contributed by atoms with Crippen molar-refractivity contribution in [2.24, 2.45) is 11.3 Å². The van der Waals surface area contributed by atoms with Crippen molar-refractivity contribution in [1.29, 1.82) is 0 Å². The molecule has 0 amide bonds. The number of carbonyl (C=O) groups excluding carboxylic acids is 2. The second kappa shape index (κ2) is 6.85. The van der Waals surface area contributed by atoms with Crippen LogP contribution >= 0.6 is 0 Å². The molecule has 7 heteroatoms. The van der Waals surface area contributed by atoms with E-state index in [0.29, 0.717) is 19.0 Å². The van der Waals surface area contributed by atoms with E-state index in [1.807, 2.05) is 0 Å². The summed E-state index contributed by atoms with van der Waals surface area (Å²) in [6, 6.07) is 0.858. The zero-order valence-electron chi connectivity index (χ0n) is 15.2. The van der Waals surface area contributed by atoms with Crippen LogP contribution < -0.4 is 9.64 Å². The maximum atomic E-state index is 14.9. The smallest absolute Gasteiger partial charge is 0.313 e. The third kappa shape index (κ3) is 3.15. The summed E-state index contributed by atoms with van der Waals surface area (Å²) < 4.78 is 39.5. The van der Waals surface area contributed by atoms with Crippen LogP contribution in [-0.2, 0) is 9.53 Å². The van der Waals surface area contributed by atoms with Gasteiger partial charge in [0.1, 0.15) is 12.1 Å². The van der Waals surface area contributed by atoms with Gasteiger partial charge in [-0.3, -0.25) is 9.59 Å². The molecule has 0 radical (unpaired) electrons. The van der Waals surface area contributed by atoms with Crippen molar-refractivity contribution in [3.05, 3.63) is 23.3 Å². The largest absolute Gasteiger partial charge is 0.491 e. The number of methoxy groups -OCH3 is 1. The number of hydrogen-bond acceptors (Lipinski definition) is 5. The summed E-state index contributed by atoms with van der Waals surface area (Å²) >= 11 is 0. The molecule has 1 aromatic carbocycles. The number of Topliss-reactive ketones (excluding diaryl/α,β-unsaturated/α-hetero) is 1. The van der Waals surface area contributed by atoms with Gasteiger partial charge in [-0.25, -0.2) is 8.78 Å². The Hall–Kier alpha value is -2.18. The van der Waals surface area contributed by atoms with Crippen LogP contribution in [0.15, 0.2) is 6.07 Å². The summed E-state index contributed by atoms with van der Waals surface area (Å²) in [7, 11) is 1.24. The summed E-state index contributed by atoms with van der Waals surface area (Å²) in [5.41, 5.74) is -0.260. The van der Waals surface area contributed by atoms with Crippen LogP contribution in [-0.4, -0.2) is 38.6 Å². The van der Waals surface area contributed by atoms with E-state index in [-0.39, 0.29) is 23.5 Å². The monoisotopic (exact) mass is 367 g/mol. The molecule has 1 aromatic rings. The minimum atomic E-state index is -0.942. The molecule has 1 heterocycles. The lowest BCUT2D eigenvalue weighted by Crippen LogP contribution is -2.23. The normalized spacial score (nSPS) is 20.3. The first-order valence-corrected chi connectivity index (χ1v) is 8.82. The van der Waals surface area contributed by atoms with Gasteiger partial charge in [0.15, 0.2) is 23.2 Å². The summed E-state index contributed by atoms with van der Waals surface area (Å²) in [6.07, 6.45) is 1.54. The van der Waals surface area contributed by atoms with E-state index in [4.69, 9.17) is 9.47 Å². The molecular weight excluding hydrogens is 344 g/mol. The summed E-state index contributed by atoms with van der Waals surface area (Å²) in [4.78, 5) is 25.5. The topological polar surface area (TPSA) is 55.8 Å². The Morgan fingerprint density at radius 3 is 2.58 bits per heavy atom. The highest BCUT2D eigenvalue weighted by Gasteiger charge is 2.53. The predicted octanol–water partition coefficient (Wildman–Crippen LogP) is 3.35. The number of ether oxygens (including phenoxy) is 2. The minimum absolute atomic E-state index is 0.0494. The van der Waals surface area contributed by atoms with Crippen LogP contribution in [0, 0.1) is 23.0 Å². The van der Waals surface area contributed by atoms with Crippen molar-refractivity contribution in [2.75, 3.05) is 31.7 Å². The number of nitrogens with zero attached hydrogens (tertiary/aromatic N) is 1. The van der Waals surface area contributed by atoms with Crippen LogP contribution in [0.2, 0.25) is 0 Å². The van der Waals surface area contributed by atoms with E-state index in [1.165, 1.54) is 7.11 Å². The summed E-state index contributed by atoms with van der Waals surface area (Å²) in [5.74, 6) is -3.17. The van der Waals surface area contributed by atoms with Gasteiger partial charge in [0, 0.05) is 13.1 Å². The average molecular weight is 367 g/mol. The Morgan fingerprint density at radius 2 is 2.04 bits per heavy atom. The molecule has 1 spiro atoms. The van der Waals surface area contributed by atoms with E-state index < -0.39 is 35.4 Å². The van der Waals surface area contributed by atoms with Crippen LogP contribution in [0.5, 0.6) is 5.75 Å². The SMILES string of the molecule is CCOC(=O)CC(=O)c1cc(F)c(N2C[C@@H](C)C3(CC3)C2)c(OC)c1F. The number of hydrogen-bond donors (Lipinski definition) is 0. The van der Waals surface area contributed by atoms with Gasteiger partial charge in [-0.15, -0.1) is 0 Å². The zero-order valence-corrected chi connectivity index (χ0v) is 15.2. The number of esters is 1. The maximum absolute atomic E-state index is 14.9. The Morgan fingerprint density at radius 1 is 1.35 bits per heavy atom. The molecule has 5 nitrogen and oxygen atoms in total. The fraction of sp³-hybridized carbons (Fsp3) is 0.579. The third-order valence-corrected chi connectivity index (χ3v) is 5.52. The highest BCUT2D eigenvalue weighted by Crippen LogP contribution is 2.57. The number of ketones is 1. The van der Waals surface area contributed by atoms with Crippen molar-refractivity contribution >= 4 is 17.4 Å². The predicted molar refractivity (Wildman–Crippen MR) is 91.5 cm³/mol. The molecule has 2 fully saturated rings. The molecule has 3 rings (SSSR count). The van der Waals surface area contributed by atoms with Crippen LogP contribution in [0.4, 0.5) is 14.5 Å². The molecule has 2 aliphatic rings. The van der Waals surface area contributed by atoms with Gasteiger partial charge in [-0.05, 0) is 37.2 Å². The molecule has 142 valence electrons. The fourth-order valence-electron chi connectivity index (χ4n) is 3.82. The first-order valence-electron chi connectivity index (χ1n) is 8.82. The van der Waals surface area contributed by atoms with E-state index in [9.17, 15) is 18.4 Å². The number of carbonyl (C=O) groups is 2. The third-order valence-electron chi connectivity index (χ3n) is 5.52. The quantitative estimate of drug-likeness (QED) is 0.438. The lowest BCUT2D eigenvalue weighted by molar-refractivity contribution is -0.141. The molecule has 26 heavy (non-hydrogen) atoms. The molecule has 0 N–H and O–H groups in total. The van der Waals surface area contributed by atoms with Crippen molar-refractivity contribution < 1.29 is 27.8 Å². The zero-order chi connectivity index (χ0) is 19.1. The number of rotatable bonds is 6. The van der Waals surface area contributed by atoms with Crippen LogP contribution in [0.25, 0.3) is 0 Å².